The highest BCUT2D eigenvalue weighted by atomic mass is 19.4. The van der Waals surface area contributed by atoms with Crippen molar-refractivity contribution in [1.29, 1.82) is 0 Å². The summed E-state index contributed by atoms with van der Waals surface area (Å²) in [6.07, 6.45) is -6.14. The van der Waals surface area contributed by atoms with Crippen molar-refractivity contribution in [2.75, 3.05) is 50.1 Å². The monoisotopic (exact) mass is 566 g/mol. The molecule has 3 heterocycles. The Morgan fingerprint density at radius 3 is 2.30 bits per heavy atom. The largest absolute Gasteiger partial charge is 0.448 e. The Bertz CT molecular complexity index is 1290. The Morgan fingerprint density at radius 2 is 1.70 bits per heavy atom. The first kappa shape index (κ1) is 29.2. The van der Waals surface area contributed by atoms with Gasteiger partial charge in [0, 0.05) is 43.0 Å². The lowest BCUT2D eigenvalue weighted by Gasteiger charge is -2.35. The summed E-state index contributed by atoms with van der Waals surface area (Å²) in [5.41, 5.74) is -1.23. The minimum Gasteiger partial charge on any atom is -0.448 e. The van der Waals surface area contributed by atoms with Gasteiger partial charge in [0.2, 0.25) is 0 Å². The molecule has 14 heteroatoms. The highest BCUT2D eigenvalue weighted by Gasteiger charge is 2.38. The van der Waals surface area contributed by atoms with Gasteiger partial charge in [0.1, 0.15) is 5.60 Å². The number of likely N-dealkylation sites (N-methyl/N-ethyl adjacent to an activating group) is 1. The quantitative estimate of drug-likeness (QED) is 0.588. The van der Waals surface area contributed by atoms with Crippen molar-refractivity contribution >= 4 is 29.6 Å². The molecule has 1 aromatic heterocycles. The first-order chi connectivity index (χ1) is 18.7. The van der Waals surface area contributed by atoms with Crippen LogP contribution < -0.4 is 10.2 Å². The molecule has 2 aliphatic heterocycles. The van der Waals surface area contributed by atoms with Crippen molar-refractivity contribution in [3.05, 3.63) is 40.6 Å². The van der Waals surface area contributed by atoms with Crippen molar-refractivity contribution in [2.24, 2.45) is 0 Å². The minimum absolute atomic E-state index is 0.0117. The van der Waals surface area contributed by atoms with Crippen LogP contribution in [0.15, 0.2) is 18.2 Å². The Kier molecular flexibility index (Phi) is 8.01. The molecule has 218 valence electrons. The van der Waals surface area contributed by atoms with Crippen molar-refractivity contribution in [2.45, 2.75) is 52.6 Å². The molecule has 1 N–H and O–H groups in total. The number of carbonyl (C=O) groups excluding carboxylic acids is 3. The number of hydrogen-bond acceptors (Lipinski definition) is 8. The molecule has 1 saturated heterocycles. The van der Waals surface area contributed by atoms with Gasteiger partial charge in [-0.05, 0) is 52.9 Å². The summed E-state index contributed by atoms with van der Waals surface area (Å²) in [7, 11) is 1.90. The molecule has 0 bridgehead atoms. The number of carbonyl (C=O) groups is 3. The molecule has 2 aromatic rings. The van der Waals surface area contributed by atoms with Crippen LogP contribution in [0.4, 0.5) is 34.3 Å². The number of nitrogens with zero attached hydrogens (tertiary/aromatic N) is 5. The number of alkyl halides is 3. The molecule has 1 fully saturated rings. The first-order valence-corrected chi connectivity index (χ1v) is 12.9. The van der Waals surface area contributed by atoms with Crippen molar-refractivity contribution < 1.29 is 37.0 Å². The molecule has 40 heavy (non-hydrogen) atoms. The number of rotatable bonds is 4. The molecule has 0 saturated carbocycles. The van der Waals surface area contributed by atoms with E-state index in [0.717, 1.165) is 10.7 Å². The highest BCUT2D eigenvalue weighted by Crippen LogP contribution is 2.38. The maximum absolute atomic E-state index is 14.0. The van der Waals surface area contributed by atoms with Gasteiger partial charge < -0.3 is 24.6 Å². The normalized spacial score (nSPS) is 16.1. The molecule has 0 atom stereocenters. The molecule has 2 amide bonds. The van der Waals surface area contributed by atoms with Gasteiger partial charge in [-0.15, -0.1) is 5.10 Å². The second-order valence-electron chi connectivity index (χ2n) is 10.7. The number of ether oxygens (including phenoxy) is 2. The standard InChI is InChI=1S/C26H33F3N6O5/c1-6-39-24(38)35-20-15-34(23(37)40-25(2,3)4)14-17(20)21(31-35)30-22(36)16-7-8-19(18(13-16)26(27,28)29)33-11-9-32(5)10-12-33/h7-8,13H,6,9-12,14-15H2,1-5H3,(H,30,31,36). The Morgan fingerprint density at radius 1 is 1.02 bits per heavy atom. The predicted octanol–water partition coefficient (Wildman–Crippen LogP) is 4.16. The zero-order valence-electron chi connectivity index (χ0n) is 23.1. The van der Waals surface area contributed by atoms with Crippen LogP contribution in [-0.2, 0) is 28.7 Å². The van der Waals surface area contributed by atoms with Crippen molar-refractivity contribution in [1.82, 2.24) is 19.6 Å². The van der Waals surface area contributed by atoms with Gasteiger partial charge >= 0.3 is 18.4 Å². The number of amides is 2. The van der Waals surface area contributed by atoms with E-state index in [9.17, 15) is 27.6 Å². The smallest absolute Gasteiger partial charge is 0.435 e. The van der Waals surface area contributed by atoms with Gasteiger partial charge in [-0.3, -0.25) is 9.69 Å². The second kappa shape index (κ2) is 11.0. The fraction of sp³-hybridized carbons (Fsp3) is 0.538. The highest BCUT2D eigenvalue weighted by molar-refractivity contribution is 6.04. The summed E-state index contributed by atoms with van der Waals surface area (Å²) in [4.78, 5) is 43.4. The molecule has 11 nitrogen and oxygen atoms in total. The Labute approximate surface area is 229 Å². The predicted molar refractivity (Wildman–Crippen MR) is 139 cm³/mol. The summed E-state index contributed by atoms with van der Waals surface area (Å²) in [6.45, 7) is 8.83. The maximum atomic E-state index is 14.0. The fourth-order valence-corrected chi connectivity index (χ4v) is 4.54. The van der Waals surface area contributed by atoms with Crippen LogP contribution in [0.25, 0.3) is 0 Å². The average molecular weight is 567 g/mol. The van der Waals surface area contributed by atoms with E-state index < -0.39 is 35.4 Å². The number of aromatic nitrogens is 2. The number of halogens is 3. The van der Waals surface area contributed by atoms with Crippen LogP contribution in [0.3, 0.4) is 0 Å². The fourth-order valence-electron chi connectivity index (χ4n) is 4.54. The van der Waals surface area contributed by atoms with Crippen molar-refractivity contribution in [3.8, 4) is 0 Å². The maximum Gasteiger partial charge on any atom is 0.435 e. The third kappa shape index (κ3) is 6.32. The van der Waals surface area contributed by atoms with Crippen molar-refractivity contribution in [3.63, 3.8) is 0 Å². The molecule has 0 aliphatic carbocycles. The van der Waals surface area contributed by atoms with Crippen LogP contribution in [0.2, 0.25) is 0 Å². The van der Waals surface area contributed by atoms with Crippen LogP contribution >= 0.6 is 0 Å². The SMILES string of the molecule is CCOC(=O)n1nc(NC(=O)c2ccc(N3CCN(C)CC3)c(C(F)(F)F)c2)c2c1CN(C(=O)OC(C)(C)C)C2. The summed E-state index contributed by atoms with van der Waals surface area (Å²) in [6, 6.07) is 3.45. The second-order valence-corrected chi connectivity index (χ2v) is 10.7. The third-order valence-corrected chi connectivity index (χ3v) is 6.51. The number of nitrogens with one attached hydrogen (secondary N) is 1. The van der Waals surface area contributed by atoms with Crippen LogP contribution in [0, 0.1) is 0 Å². The first-order valence-electron chi connectivity index (χ1n) is 12.9. The molecular formula is C26H33F3N6O5. The van der Waals surface area contributed by atoms with E-state index in [1.807, 2.05) is 11.9 Å². The van der Waals surface area contributed by atoms with Crippen LogP contribution in [0.1, 0.15) is 54.9 Å². The molecule has 0 radical (unpaired) electrons. The lowest BCUT2D eigenvalue weighted by atomic mass is 10.1. The average Bonchev–Trinajstić information content (AvgIpc) is 3.43. The molecule has 4 rings (SSSR count). The van der Waals surface area contributed by atoms with Crippen LogP contribution in [-0.4, -0.2) is 83.1 Å². The van der Waals surface area contributed by atoms with Gasteiger partial charge in [-0.2, -0.15) is 17.9 Å². The van der Waals surface area contributed by atoms with Gasteiger partial charge in [0.25, 0.3) is 5.91 Å². The summed E-state index contributed by atoms with van der Waals surface area (Å²) in [5, 5.41) is 6.67. The molecule has 2 aliphatic rings. The number of benzene rings is 1. The minimum atomic E-state index is -4.68. The van der Waals surface area contributed by atoms with Gasteiger partial charge in [-0.1, -0.05) is 0 Å². The van der Waals surface area contributed by atoms with E-state index in [1.54, 1.807) is 32.6 Å². The third-order valence-electron chi connectivity index (χ3n) is 6.51. The van der Waals surface area contributed by atoms with E-state index in [0.29, 0.717) is 37.4 Å². The summed E-state index contributed by atoms with van der Waals surface area (Å²) in [5.74, 6) is -0.904. The number of piperazine rings is 1. The zero-order valence-corrected chi connectivity index (χ0v) is 23.1. The zero-order chi connectivity index (χ0) is 29.4. The summed E-state index contributed by atoms with van der Waals surface area (Å²) < 4.78 is 53.5. The molecule has 0 spiro atoms. The van der Waals surface area contributed by atoms with E-state index in [-0.39, 0.29) is 36.8 Å². The molecule has 0 unspecified atom stereocenters. The van der Waals surface area contributed by atoms with Gasteiger partial charge in [0.05, 0.1) is 31.0 Å². The number of hydrogen-bond donors (Lipinski definition) is 1. The van der Waals surface area contributed by atoms with Gasteiger partial charge in [0.15, 0.2) is 5.82 Å². The number of fused-ring (bicyclic) bond motifs is 1. The molecule has 1 aromatic carbocycles. The Hall–Kier alpha value is -3.81. The van der Waals surface area contributed by atoms with Gasteiger partial charge in [-0.25, -0.2) is 9.59 Å². The van der Waals surface area contributed by atoms with E-state index in [1.165, 1.54) is 17.0 Å². The lowest BCUT2D eigenvalue weighted by molar-refractivity contribution is -0.137. The summed E-state index contributed by atoms with van der Waals surface area (Å²) >= 11 is 0. The lowest BCUT2D eigenvalue weighted by Crippen LogP contribution is -2.45. The van der Waals surface area contributed by atoms with E-state index in [4.69, 9.17) is 9.47 Å². The van der Waals surface area contributed by atoms with E-state index >= 15 is 0 Å². The molecular weight excluding hydrogens is 533 g/mol. The van der Waals surface area contributed by atoms with E-state index in [2.05, 4.69) is 10.4 Å². The van der Waals surface area contributed by atoms with Crippen LogP contribution in [0.5, 0.6) is 0 Å². The topological polar surface area (TPSA) is 109 Å². The Balaban J connectivity index is 1.62. The number of anilines is 2.